The normalized spacial score (nSPS) is 10.6. The number of aromatic nitrogens is 3. The van der Waals surface area contributed by atoms with Crippen LogP contribution in [0.25, 0.3) is 11.4 Å². The van der Waals surface area contributed by atoms with Crippen molar-refractivity contribution in [3.8, 4) is 23.2 Å². The van der Waals surface area contributed by atoms with Gasteiger partial charge in [-0.15, -0.1) is 10.2 Å². The van der Waals surface area contributed by atoms with Crippen molar-refractivity contribution in [2.45, 2.75) is 38.9 Å². The molecule has 0 unspecified atom stereocenters. The topological polar surface area (TPSA) is 84.0 Å². The number of carbonyl (C=O) groups is 1. The SMILES string of the molecule is CCn1c(SCC(=O)N(CCC#N)c2ccc(C)c(C)c2)nnc1-c1ccccc1OC. The quantitative estimate of drug-likeness (QED) is 0.443. The molecule has 32 heavy (non-hydrogen) atoms. The second kappa shape index (κ2) is 10.8. The molecule has 0 saturated heterocycles. The molecule has 0 aliphatic rings. The summed E-state index contributed by atoms with van der Waals surface area (Å²) in [4.78, 5) is 14.8. The number of hydrogen-bond donors (Lipinski definition) is 0. The lowest BCUT2D eigenvalue weighted by Crippen LogP contribution is -2.33. The first-order valence-electron chi connectivity index (χ1n) is 10.4. The summed E-state index contributed by atoms with van der Waals surface area (Å²) >= 11 is 1.35. The Hall–Kier alpha value is -3.31. The van der Waals surface area contributed by atoms with Gasteiger partial charge in [0.1, 0.15) is 5.75 Å². The van der Waals surface area contributed by atoms with Crippen molar-refractivity contribution in [1.29, 1.82) is 5.26 Å². The van der Waals surface area contributed by atoms with E-state index in [2.05, 4.69) is 16.3 Å². The number of nitrogens with zero attached hydrogens (tertiary/aromatic N) is 5. The molecule has 0 spiro atoms. The average Bonchev–Trinajstić information content (AvgIpc) is 3.22. The number of benzene rings is 2. The molecule has 166 valence electrons. The van der Waals surface area contributed by atoms with Gasteiger partial charge < -0.3 is 14.2 Å². The molecule has 0 fully saturated rings. The monoisotopic (exact) mass is 449 g/mol. The Morgan fingerprint density at radius 2 is 1.97 bits per heavy atom. The summed E-state index contributed by atoms with van der Waals surface area (Å²) in [5, 5.41) is 18.4. The van der Waals surface area contributed by atoms with Crippen LogP contribution < -0.4 is 9.64 Å². The molecule has 7 nitrogen and oxygen atoms in total. The third-order valence-electron chi connectivity index (χ3n) is 5.26. The zero-order valence-electron chi connectivity index (χ0n) is 18.8. The van der Waals surface area contributed by atoms with Gasteiger partial charge in [0.05, 0.1) is 30.9 Å². The number of rotatable bonds is 9. The molecule has 2 aromatic carbocycles. The van der Waals surface area contributed by atoms with E-state index < -0.39 is 0 Å². The zero-order valence-corrected chi connectivity index (χ0v) is 19.6. The van der Waals surface area contributed by atoms with Crippen LogP contribution in [0.3, 0.4) is 0 Å². The number of anilines is 1. The lowest BCUT2D eigenvalue weighted by molar-refractivity contribution is -0.116. The lowest BCUT2D eigenvalue weighted by atomic mass is 10.1. The molecule has 0 N–H and O–H groups in total. The fraction of sp³-hybridized carbons (Fsp3) is 0.333. The van der Waals surface area contributed by atoms with Crippen LogP contribution in [0.1, 0.15) is 24.5 Å². The van der Waals surface area contributed by atoms with Crippen molar-refractivity contribution >= 4 is 23.4 Å². The molecule has 0 aliphatic heterocycles. The average molecular weight is 450 g/mol. The van der Waals surface area contributed by atoms with Gasteiger partial charge >= 0.3 is 0 Å². The highest BCUT2D eigenvalue weighted by Crippen LogP contribution is 2.31. The van der Waals surface area contributed by atoms with E-state index in [1.54, 1.807) is 12.0 Å². The molecule has 8 heteroatoms. The molecule has 3 aromatic rings. The first kappa shape index (κ1) is 23.4. The van der Waals surface area contributed by atoms with Gasteiger partial charge in [0.25, 0.3) is 0 Å². The van der Waals surface area contributed by atoms with Crippen molar-refractivity contribution in [3.63, 3.8) is 0 Å². The highest BCUT2D eigenvalue weighted by molar-refractivity contribution is 7.99. The van der Waals surface area contributed by atoms with Gasteiger partial charge in [-0.1, -0.05) is 30.0 Å². The van der Waals surface area contributed by atoms with Crippen molar-refractivity contribution in [3.05, 3.63) is 53.6 Å². The molecule has 1 heterocycles. The van der Waals surface area contributed by atoms with Crippen LogP contribution in [0.2, 0.25) is 0 Å². The Morgan fingerprint density at radius 1 is 1.19 bits per heavy atom. The summed E-state index contributed by atoms with van der Waals surface area (Å²) in [6.45, 7) is 7.08. The molecule has 0 atom stereocenters. The van der Waals surface area contributed by atoms with E-state index in [0.29, 0.717) is 24.1 Å². The summed E-state index contributed by atoms with van der Waals surface area (Å²) in [6.07, 6.45) is 0.270. The third kappa shape index (κ3) is 5.11. The fourth-order valence-corrected chi connectivity index (χ4v) is 4.24. The summed E-state index contributed by atoms with van der Waals surface area (Å²) in [7, 11) is 1.63. The van der Waals surface area contributed by atoms with E-state index in [1.165, 1.54) is 11.8 Å². The molecule has 0 radical (unpaired) electrons. The van der Waals surface area contributed by atoms with Crippen LogP contribution in [-0.2, 0) is 11.3 Å². The number of methoxy groups -OCH3 is 1. The predicted octanol–water partition coefficient (Wildman–Crippen LogP) is 4.63. The summed E-state index contributed by atoms with van der Waals surface area (Å²) < 4.78 is 7.45. The van der Waals surface area contributed by atoms with Crippen molar-refractivity contribution < 1.29 is 9.53 Å². The first-order chi connectivity index (χ1) is 15.5. The minimum atomic E-state index is -0.0713. The van der Waals surface area contributed by atoms with Gasteiger partial charge in [-0.25, -0.2) is 0 Å². The molecule has 0 saturated carbocycles. The number of carbonyl (C=O) groups excluding carboxylic acids is 1. The standard InChI is InChI=1S/C24H27N5O2S/c1-5-28-23(20-9-6-7-10-21(20)31-4)26-27-24(28)32-16-22(30)29(14-8-13-25)19-12-11-17(2)18(3)15-19/h6-7,9-12,15H,5,8,14,16H2,1-4H3. The Labute approximate surface area is 193 Å². The Balaban J connectivity index is 1.81. The smallest absolute Gasteiger partial charge is 0.237 e. The van der Waals surface area contributed by atoms with Crippen LogP contribution in [0.5, 0.6) is 5.75 Å². The second-order valence-corrected chi connectivity index (χ2v) is 8.20. The van der Waals surface area contributed by atoms with Gasteiger partial charge in [0.15, 0.2) is 11.0 Å². The van der Waals surface area contributed by atoms with Crippen molar-refractivity contribution in [1.82, 2.24) is 14.8 Å². The van der Waals surface area contributed by atoms with Gasteiger partial charge in [0, 0.05) is 18.8 Å². The van der Waals surface area contributed by atoms with E-state index in [-0.39, 0.29) is 18.1 Å². The molecular formula is C24H27N5O2S. The Morgan fingerprint density at radius 3 is 2.66 bits per heavy atom. The maximum Gasteiger partial charge on any atom is 0.237 e. The largest absolute Gasteiger partial charge is 0.496 e. The minimum Gasteiger partial charge on any atom is -0.496 e. The van der Waals surface area contributed by atoms with Crippen molar-refractivity contribution in [2.75, 3.05) is 24.3 Å². The number of para-hydroxylation sites is 1. The number of hydrogen-bond acceptors (Lipinski definition) is 6. The highest BCUT2D eigenvalue weighted by Gasteiger charge is 2.20. The third-order valence-corrected chi connectivity index (χ3v) is 6.21. The second-order valence-electron chi connectivity index (χ2n) is 7.26. The van der Waals surface area contributed by atoms with Crippen molar-refractivity contribution in [2.24, 2.45) is 0 Å². The van der Waals surface area contributed by atoms with E-state index in [9.17, 15) is 4.79 Å². The molecular weight excluding hydrogens is 422 g/mol. The number of nitriles is 1. The fourth-order valence-electron chi connectivity index (χ4n) is 3.37. The van der Waals surface area contributed by atoms with Gasteiger partial charge in [-0.3, -0.25) is 4.79 Å². The molecule has 0 aliphatic carbocycles. The van der Waals surface area contributed by atoms with E-state index in [4.69, 9.17) is 10.00 Å². The zero-order chi connectivity index (χ0) is 23.1. The predicted molar refractivity (Wildman–Crippen MR) is 127 cm³/mol. The first-order valence-corrected chi connectivity index (χ1v) is 11.4. The molecule has 1 aromatic heterocycles. The van der Waals surface area contributed by atoms with Gasteiger partial charge in [-0.2, -0.15) is 5.26 Å². The molecule has 3 rings (SSSR count). The van der Waals surface area contributed by atoms with Crippen LogP contribution in [-0.4, -0.2) is 40.1 Å². The molecule has 1 amide bonds. The number of thioether (sulfide) groups is 1. The van der Waals surface area contributed by atoms with E-state index in [1.807, 2.05) is 67.8 Å². The maximum atomic E-state index is 13.1. The van der Waals surface area contributed by atoms with Crippen LogP contribution in [0.4, 0.5) is 5.69 Å². The summed E-state index contributed by atoms with van der Waals surface area (Å²) in [6, 6.07) is 15.7. The Bertz CT molecular complexity index is 1140. The van der Waals surface area contributed by atoms with Crippen LogP contribution in [0.15, 0.2) is 47.6 Å². The lowest BCUT2D eigenvalue weighted by Gasteiger charge is -2.22. The number of ether oxygens (including phenoxy) is 1. The van der Waals surface area contributed by atoms with Crippen LogP contribution >= 0.6 is 11.8 Å². The van der Waals surface area contributed by atoms with Gasteiger partial charge in [0.2, 0.25) is 5.91 Å². The summed E-state index contributed by atoms with van der Waals surface area (Å²) in [5.74, 6) is 1.55. The number of aryl methyl sites for hydroxylation is 2. The number of amides is 1. The van der Waals surface area contributed by atoms with E-state index >= 15 is 0 Å². The highest BCUT2D eigenvalue weighted by atomic mass is 32.2. The Kier molecular flexibility index (Phi) is 7.90. The molecule has 0 bridgehead atoms. The summed E-state index contributed by atoms with van der Waals surface area (Å²) in [5.41, 5.74) is 3.93. The van der Waals surface area contributed by atoms with E-state index in [0.717, 1.165) is 28.1 Å². The van der Waals surface area contributed by atoms with Crippen LogP contribution in [0, 0.1) is 25.2 Å². The minimum absolute atomic E-state index is 0.0713. The van der Waals surface area contributed by atoms with Gasteiger partial charge in [-0.05, 0) is 56.2 Å². The maximum absolute atomic E-state index is 13.1.